The highest BCUT2D eigenvalue weighted by Crippen LogP contribution is 2.25. The maximum Gasteiger partial charge on any atom is 0.173 e. The summed E-state index contributed by atoms with van der Waals surface area (Å²) in [6, 6.07) is 8.21. The molecule has 2 aromatic rings. The van der Waals surface area contributed by atoms with Crippen LogP contribution in [0.15, 0.2) is 40.9 Å². The van der Waals surface area contributed by atoms with Crippen molar-refractivity contribution in [3.05, 3.63) is 63.6 Å². The van der Waals surface area contributed by atoms with Crippen molar-refractivity contribution in [2.75, 3.05) is 7.11 Å². The SMILES string of the molecule is COc1cccc(F)c1C(=O)Cc1ccc(F)cc1Br. The van der Waals surface area contributed by atoms with Gasteiger partial charge in [0.1, 0.15) is 17.4 Å². The summed E-state index contributed by atoms with van der Waals surface area (Å²) in [4.78, 5) is 12.2. The van der Waals surface area contributed by atoms with Crippen molar-refractivity contribution in [1.82, 2.24) is 0 Å². The fourth-order valence-electron chi connectivity index (χ4n) is 1.87. The van der Waals surface area contributed by atoms with Gasteiger partial charge in [-0.3, -0.25) is 4.79 Å². The highest BCUT2D eigenvalue weighted by Gasteiger charge is 2.18. The molecule has 0 aliphatic heterocycles. The van der Waals surface area contributed by atoms with Crippen molar-refractivity contribution < 1.29 is 18.3 Å². The first-order valence-electron chi connectivity index (χ1n) is 5.82. The van der Waals surface area contributed by atoms with E-state index in [1.807, 2.05) is 0 Å². The summed E-state index contributed by atoms with van der Waals surface area (Å²) in [5.74, 6) is -1.27. The molecule has 0 heterocycles. The molecule has 0 saturated carbocycles. The molecule has 0 N–H and O–H groups in total. The lowest BCUT2D eigenvalue weighted by atomic mass is 10.0. The summed E-state index contributed by atoms with van der Waals surface area (Å²) in [7, 11) is 1.37. The molecule has 104 valence electrons. The molecule has 0 bridgehead atoms. The third-order valence-corrected chi connectivity index (χ3v) is 3.58. The Morgan fingerprint density at radius 3 is 2.65 bits per heavy atom. The number of rotatable bonds is 4. The van der Waals surface area contributed by atoms with E-state index in [4.69, 9.17) is 4.74 Å². The van der Waals surface area contributed by atoms with Gasteiger partial charge in [0.15, 0.2) is 5.78 Å². The van der Waals surface area contributed by atoms with Crippen LogP contribution >= 0.6 is 15.9 Å². The Morgan fingerprint density at radius 2 is 2.00 bits per heavy atom. The zero-order chi connectivity index (χ0) is 14.7. The van der Waals surface area contributed by atoms with Crippen LogP contribution in [0.1, 0.15) is 15.9 Å². The lowest BCUT2D eigenvalue weighted by molar-refractivity contribution is 0.0985. The van der Waals surface area contributed by atoms with Gasteiger partial charge in [-0.15, -0.1) is 0 Å². The number of methoxy groups -OCH3 is 1. The molecule has 20 heavy (non-hydrogen) atoms. The fourth-order valence-corrected chi connectivity index (χ4v) is 2.36. The molecule has 0 spiro atoms. The Morgan fingerprint density at radius 1 is 1.25 bits per heavy atom. The molecule has 0 atom stereocenters. The zero-order valence-corrected chi connectivity index (χ0v) is 12.2. The second kappa shape index (κ2) is 6.13. The second-order valence-corrected chi connectivity index (χ2v) is 5.01. The molecule has 0 amide bonds. The number of hydrogen-bond acceptors (Lipinski definition) is 2. The van der Waals surface area contributed by atoms with E-state index in [-0.39, 0.29) is 17.7 Å². The standard InChI is InChI=1S/C15H11BrF2O2/c1-20-14-4-2-3-12(18)15(14)13(19)7-9-5-6-10(17)8-11(9)16/h2-6,8H,7H2,1H3. The van der Waals surface area contributed by atoms with E-state index >= 15 is 0 Å². The number of ether oxygens (including phenoxy) is 1. The van der Waals surface area contributed by atoms with Crippen LogP contribution in [0, 0.1) is 11.6 Å². The summed E-state index contributed by atoms with van der Waals surface area (Å²) in [6.07, 6.45) is -0.0435. The maximum absolute atomic E-state index is 13.8. The minimum Gasteiger partial charge on any atom is -0.496 e. The van der Waals surface area contributed by atoms with E-state index in [2.05, 4.69) is 15.9 Å². The third-order valence-electron chi connectivity index (χ3n) is 2.84. The first-order chi connectivity index (χ1) is 9.52. The Bertz CT molecular complexity index is 656. The summed E-state index contributed by atoms with van der Waals surface area (Å²) in [5.41, 5.74) is 0.493. The van der Waals surface area contributed by atoms with E-state index in [0.29, 0.717) is 10.0 Å². The minimum atomic E-state index is -0.632. The molecule has 5 heteroatoms. The molecule has 0 fully saturated rings. The predicted molar refractivity (Wildman–Crippen MR) is 75.1 cm³/mol. The van der Waals surface area contributed by atoms with Gasteiger partial charge in [-0.1, -0.05) is 28.1 Å². The Balaban J connectivity index is 2.33. The van der Waals surface area contributed by atoms with Crippen LogP contribution in [0.3, 0.4) is 0 Å². The van der Waals surface area contributed by atoms with Gasteiger partial charge in [-0.25, -0.2) is 8.78 Å². The van der Waals surface area contributed by atoms with E-state index < -0.39 is 17.4 Å². The van der Waals surface area contributed by atoms with Crippen LogP contribution < -0.4 is 4.74 Å². The first kappa shape index (κ1) is 14.7. The van der Waals surface area contributed by atoms with Crippen LogP contribution in [-0.2, 0) is 6.42 Å². The second-order valence-electron chi connectivity index (χ2n) is 4.15. The molecular formula is C15H11BrF2O2. The summed E-state index contributed by atoms with van der Waals surface area (Å²) < 4.78 is 32.3. The van der Waals surface area contributed by atoms with Crippen molar-refractivity contribution in [2.24, 2.45) is 0 Å². The monoisotopic (exact) mass is 340 g/mol. The number of carbonyl (C=O) groups excluding carboxylic acids is 1. The number of benzene rings is 2. The molecule has 0 aromatic heterocycles. The number of Topliss-reactive ketones (excluding diaryl/α,β-unsaturated/α-hetero) is 1. The van der Waals surface area contributed by atoms with Gasteiger partial charge in [0.25, 0.3) is 0 Å². The molecule has 2 aromatic carbocycles. The Labute approximate surface area is 123 Å². The van der Waals surface area contributed by atoms with Gasteiger partial charge in [-0.2, -0.15) is 0 Å². The molecular weight excluding hydrogens is 330 g/mol. The topological polar surface area (TPSA) is 26.3 Å². The van der Waals surface area contributed by atoms with E-state index in [9.17, 15) is 13.6 Å². The van der Waals surface area contributed by atoms with Gasteiger partial charge in [0.05, 0.1) is 12.7 Å². The van der Waals surface area contributed by atoms with Gasteiger partial charge >= 0.3 is 0 Å². The highest BCUT2D eigenvalue weighted by atomic mass is 79.9. The zero-order valence-electron chi connectivity index (χ0n) is 10.6. The maximum atomic E-state index is 13.8. The normalized spacial score (nSPS) is 10.4. The number of halogens is 3. The molecule has 2 rings (SSSR count). The number of carbonyl (C=O) groups is 1. The number of ketones is 1. The van der Waals surface area contributed by atoms with Gasteiger partial charge < -0.3 is 4.74 Å². The van der Waals surface area contributed by atoms with Crippen LogP contribution in [0.2, 0.25) is 0 Å². The fraction of sp³-hybridized carbons (Fsp3) is 0.133. The van der Waals surface area contributed by atoms with E-state index in [1.54, 1.807) is 0 Å². The average molecular weight is 341 g/mol. The van der Waals surface area contributed by atoms with Crippen LogP contribution in [-0.4, -0.2) is 12.9 Å². The van der Waals surface area contributed by atoms with Crippen LogP contribution in [0.25, 0.3) is 0 Å². The Kier molecular flexibility index (Phi) is 4.49. The van der Waals surface area contributed by atoms with Crippen molar-refractivity contribution in [3.63, 3.8) is 0 Å². The van der Waals surface area contributed by atoms with Crippen molar-refractivity contribution in [3.8, 4) is 5.75 Å². The largest absolute Gasteiger partial charge is 0.496 e. The summed E-state index contributed by atoms with van der Waals surface area (Å²) >= 11 is 3.19. The van der Waals surface area contributed by atoms with E-state index in [1.165, 1.54) is 43.5 Å². The lowest BCUT2D eigenvalue weighted by Crippen LogP contribution is -2.09. The lowest BCUT2D eigenvalue weighted by Gasteiger charge is -2.09. The van der Waals surface area contributed by atoms with Crippen molar-refractivity contribution in [1.29, 1.82) is 0 Å². The smallest absolute Gasteiger partial charge is 0.173 e. The molecule has 2 nitrogen and oxygen atoms in total. The quantitative estimate of drug-likeness (QED) is 0.781. The summed E-state index contributed by atoms with van der Waals surface area (Å²) in [5, 5.41) is 0. The minimum absolute atomic E-state index is 0.0435. The average Bonchev–Trinajstić information content (AvgIpc) is 2.41. The van der Waals surface area contributed by atoms with Crippen molar-refractivity contribution >= 4 is 21.7 Å². The van der Waals surface area contributed by atoms with Gasteiger partial charge in [-0.05, 0) is 29.8 Å². The van der Waals surface area contributed by atoms with Crippen molar-refractivity contribution in [2.45, 2.75) is 6.42 Å². The number of hydrogen-bond donors (Lipinski definition) is 0. The third kappa shape index (κ3) is 3.04. The summed E-state index contributed by atoms with van der Waals surface area (Å²) in [6.45, 7) is 0. The molecule has 0 saturated heterocycles. The highest BCUT2D eigenvalue weighted by molar-refractivity contribution is 9.10. The Hall–Kier alpha value is -1.75. The predicted octanol–water partition coefficient (Wildman–Crippen LogP) is 4.16. The molecule has 0 aliphatic rings. The van der Waals surface area contributed by atoms with Crippen LogP contribution in [0.4, 0.5) is 8.78 Å². The van der Waals surface area contributed by atoms with Crippen LogP contribution in [0.5, 0.6) is 5.75 Å². The molecule has 0 aliphatic carbocycles. The van der Waals surface area contributed by atoms with E-state index in [0.717, 1.165) is 0 Å². The molecule has 0 unspecified atom stereocenters. The van der Waals surface area contributed by atoms with Gasteiger partial charge in [0.2, 0.25) is 0 Å². The first-order valence-corrected chi connectivity index (χ1v) is 6.62. The molecule has 0 radical (unpaired) electrons. The van der Waals surface area contributed by atoms with Gasteiger partial charge in [0, 0.05) is 10.9 Å².